The number of halogens is 2. The number of fused-ring (bicyclic) bond motifs is 12. The normalized spacial score (nSPS) is 13.3. The van der Waals surface area contributed by atoms with E-state index in [0.717, 1.165) is 174 Å². The van der Waals surface area contributed by atoms with Gasteiger partial charge in [-0.25, -0.2) is 44.3 Å². The number of amides is 1. The number of anilines is 2. The third-order valence-electron chi connectivity index (χ3n) is 18.4. The lowest BCUT2D eigenvalue weighted by Gasteiger charge is -2.11. The number of pyridine rings is 6. The Labute approximate surface area is 602 Å². The number of hydrogen-bond acceptors (Lipinski definition) is 19. The van der Waals surface area contributed by atoms with Crippen molar-refractivity contribution in [3.05, 3.63) is 216 Å². The number of benzene rings is 5. The molecule has 3 fully saturated rings. The van der Waals surface area contributed by atoms with E-state index in [2.05, 4.69) is 46.1 Å². The van der Waals surface area contributed by atoms with E-state index in [4.69, 9.17) is 41.5 Å². The maximum absolute atomic E-state index is 13.2. The van der Waals surface area contributed by atoms with Gasteiger partial charge in [0.15, 0.2) is 17.3 Å². The van der Waals surface area contributed by atoms with Crippen LogP contribution in [0.1, 0.15) is 101 Å². The van der Waals surface area contributed by atoms with E-state index in [1.54, 1.807) is 78.5 Å². The Kier molecular flexibility index (Phi) is 17.5. The minimum absolute atomic E-state index is 0.00619. The SMILES string of the molecule is CC(=O)c1ccc2c(c1)nc(-c1ccc(Cl)s1)c1ccncc12.CC(=O)c1ccc2c(c1)nc(-c1ccc(F)cc1)c1ccncc12.CC(=O)c1ccc2c(c1)nc(-c1cnn(C)c1)c1nc(NC3CC3)ncc12.Cn1cc(-c2nc3cc(C(=O)NC4CC4)ccc3c3cnc(NC4CC4)nc23)cn1. The van der Waals surface area contributed by atoms with Gasteiger partial charge in [-0.15, -0.1) is 11.3 Å². The molecule has 11 heterocycles. The van der Waals surface area contributed by atoms with Gasteiger partial charge in [0.1, 0.15) is 28.2 Å². The van der Waals surface area contributed by atoms with Gasteiger partial charge in [0.25, 0.3) is 5.91 Å². The van der Waals surface area contributed by atoms with Crippen LogP contribution in [-0.2, 0) is 14.1 Å². The molecule has 0 radical (unpaired) electrons. The third kappa shape index (κ3) is 13.8. The Bertz CT molecular complexity index is 6170. The first-order chi connectivity index (χ1) is 50.5. The van der Waals surface area contributed by atoms with E-state index in [1.807, 2.05) is 130 Å². The van der Waals surface area contributed by atoms with E-state index < -0.39 is 0 Å². The van der Waals surface area contributed by atoms with Gasteiger partial charge >= 0.3 is 0 Å². The second kappa shape index (κ2) is 27.5. The Morgan fingerprint density at radius 1 is 0.433 bits per heavy atom. The molecule has 0 atom stereocenters. The van der Waals surface area contributed by atoms with Gasteiger partial charge in [-0.1, -0.05) is 54.1 Å². The van der Waals surface area contributed by atoms with Crippen LogP contribution in [0.5, 0.6) is 0 Å². The lowest BCUT2D eigenvalue weighted by molar-refractivity contribution is 0.0948. The number of hydrogen-bond donors (Lipinski definition) is 3. The summed E-state index contributed by atoms with van der Waals surface area (Å²) in [5, 5.41) is 27.9. The van der Waals surface area contributed by atoms with Crippen molar-refractivity contribution >= 4 is 145 Å². The van der Waals surface area contributed by atoms with Crippen molar-refractivity contribution in [3.63, 3.8) is 0 Å². The van der Waals surface area contributed by atoms with Crippen LogP contribution in [-0.4, -0.2) is 111 Å². The molecule has 0 spiro atoms. The summed E-state index contributed by atoms with van der Waals surface area (Å²) in [4.78, 5) is 95.0. The summed E-state index contributed by atoms with van der Waals surface area (Å²) in [6.45, 7) is 4.65. The van der Waals surface area contributed by atoms with Gasteiger partial charge in [0.2, 0.25) is 11.9 Å². The highest BCUT2D eigenvalue weighted by Crippen LogP contribution is 2.40. The lowest BCUT2D eigenvalue weighted by atomic mass is 10.00. The molecule has 3 N–H and O–H groups in total. The van der Waals surface area contributed by atoms with Crippen LogP contribution in [0.4, 0.5) is 16.3 Å². The molecule has 512 valence electrons. The minimum Gasteiger partial charge on any atom is -0.351 e. The highest BCUT2D eigenvalue weighted by molar-refractivity contribution is 7.19. The summed E-state index contributed by atoms with van der Waals surface area (Å²) in [7, 11) is 3.75. The highest BCUT2D eigenvalue weighted by Gasteiger charge is 2.27. The summed E-state index contributed by atoms with van der Waals surface area (Å²) in [6.07, 6.45) is 24.9. The first-order valence-electron chi connectivity index (χ1n) is 33.9. The number of thiophene rings is 1. The molecular weight excluding hydrogens is 1350 g/mol. The summed E-state index contributed by atoms with van der Waals surface area (Å²) in [6, 6.07) is 37.5. The molecule has 16 aromatic rings. The maximum atomic E-state index is 13.2. The Hall–Kier alpha value is -12.3. The monoisotopic (exact) mass is 1410 g/mol. The molecule has 104 heavy (non-hydrogen) atoms. The van der Waals surface area contributed by atoms with Crippen molar-refractivity contribution in [1.29, 1.82) is 0 Å². The van der Waals surface area contributed by atoms with Crippen LogP contribution in [0, 0.1) is 5.82 Å². The van der Waals surface area contributed by atoms with Crippen molar-refractivity contribution < 1.29 is 23.6 Å². The predicted octanol–water partition coefficient (Wildman–Crippen LogP) is 16.6. The van der Waals surface area contributed by atoms with Gasteiger partial charge in [-0.3, -0.25) is 38.5 Å². The number of nitrogens with zero attached hydrogens (tertiary/aromatic N) is 14. The average molecular weight is 1410 g/mol. The summed E-state index contributed by atoms with van der Waals surface area (Å²) >= 11 is 7.57. The zero-order chi connectivity index (χ0) is 71.4. The van der Waals surface area contributed by atoms with Crippen LogP contribution >= 0.6 is 22.9 Å². The zero-order valence-corrected chi connectivity index (χ0v) is 58.4. The van der Waals surface area contributed by atoms with Crippen molar-refractivity contribution in [2.45, 2.75) is 77.4 Å². The van der Waals surface area contributed by atoms with E-state index in [0.29, 0.717) is 52.3 Å². The lowest BCUT2D eigenvalue weighted by Crippen LogP contribution is -2.25. The van der Waals surface area contributed by atoms with Gasteiger partial charge in [-0.2, -0.15) is 10.2 Å². The fourth-order valence-electron chi connectivity index (χ4n) is 12.5. The molecule has 1 amide bonds. The Morgan fingerprint density at radius 3 is 1.28 bits per heavy atom. The third-order valence-corrected chi connectivity index (χ3v) is 19.6. The molecule has 19 rings (SSSR count). The van der Waals surface area contributed by atoms with Gasteiger partial charge in [0, 0.05) is 175 Å². The number of aryl methyl sites for hydroxylation is 2. The summed E-state index contributed by atoms with van der Waals surface area (Å²) < 4.78 is 17.5. The van der Waals surface area contributed by atoms with Crippen molar-refractivity contribution in [3.8, 4) is 44.3 Å². The first-order valence-corrected chi connectivity index (χ1v) is 35.1. The Balaban J connectivity index is 0.000000107. The molecule has 0 bridgehead atoms. The molecule has 3 saturated carbocycles. The topological polar surface area (TPSA) is 269 Å². The number of nitrogens with one attached hydrogen (secondary N) is 3. The largest absolute Gasteiger partial charge is 0.351 e. The molecule has 11 aromatic heterocycles. The van der Waals surface area contributed by atoms with Crippen LogP contribution in [0.15, 0.2) is 183 Å². The number of carbonyl (C=O) groups excluding carboxylic acids is 4. The van der Waals surface area contributed by atoms with Crippen LogP contribution < -0.4 is 16.0 Å². The fraction of sp³-hybridized carbons (Fsp3) is 0.175. The number of Topliss-reactive ketones (excluding diaryl/α,β-unsaturated/α-hetero) is 3. The number of aromatic nitrogens is 14. The molecule has 5 aromatic carbocycles. The van der Waals surface area contributed by atoms with E-state index in [9.17, 15) is 23.6 Å². The Morgan fingerprint density at radius 2 is 0.856 bits per heavy atom. The molecular formula is C80H63ClFN17O4S. The molecule has 3 aliphatic carbocycles. The average Bonchev–Trinajstić information content (AvgIpc) is 1.52. The van der Waals surface area contributed by atoms with Crippen molar-refractivity contribution in [2.75, 3.05) is 10.6 Å². The zero-order valence-electron chi connectivity index (χ0n) is 56.9. The highest BCUT2D eigenvalue weighted by atomic mass is 35.5. The predicted molar refractivity (Wildman–Crippen MR) is 406 cm³/mol. The van der Waals surface area contributed by atoms with Gasteiger partial charge in [0.05, 0.1) is 55.1 Å². The molecule has 3 aliphatic rings. The van der Waals surface area contributed by atoms with E-state index in [1.165, 1.54) is 30.4 Å². The van der Waals surface area contributed by atoms with Crippen molar-refractivity contribution in [1.82, 2.24) is 74.7 Å². The van der Waals surface area contributed by atoms with Crippen molar-refractivity contribution in [2.24, 2.45) is 14.1 Å². The second-order valence-corrected chi connectivity index (χ2v) is 27.9. The molecule has 0 aliphatic heterocycles. The fourth-order valence-corrected chi connectivity index (χ4v) is 13.5. The first kappa shape index (κ1) is 66.2. The van der Waals surface area contributed by atoms with Crippen LogP contribution in [0.2, 0.25) is 4.34 Å². The molecule has 21 nitrogen and oxygen atoms in total. The molecule has 0 saturated heterocycles. The molecule has 0 unspecified atom stereocenters. The van der Waals surface area contributed by atoms with E-state index >= 15 is 0 Å². The second-order valence-electron chi connectivity index (χ2n) is 26.2. The van der Waals surface area contributed by atoms with Crippen LogP contribution in [0.3, 0.4) is 0 Å². The number of rotatable bonds is 13. The molecule has 24 heteroatoms. The maximum Gasteiger partial charge on any atom is 0.251 e. The van der Waals surface area contributed by atoms with Gasteiger partial charge < -0.3 is 16.0 Å². The number of carbonyl (C=O) groups is 4. The van der Waals surface area contributed by atoms with Crippen LogP contribution in [0.25, 0.3) is 131 Å². The quantitative estimate of drug-likeness (QED) is 0.0715. The number of ketones is 3. The summed E-state index contributed by atoms with van der Waals surface area (Å²) in [5.74, 6) is 0.943. The minimum atomic E-state index is -0.288. The smallest absolute Gasteiger partial charge is 0.251 e. The standard InChI is InChI=1S/C22H21N7O.C20H13FN2O.C20H18N6O.C18H11ClN2OS/c1-29-11-13(9-24-29)19-20-17(10-23-22(28-20)26-15-5-6-15)16-7-2-12(8-18(16)27-19)21(30)25-14-3-4-14;1-12(24)14-4-7-16-18-11-22-9-8-17(18)20(23-19(16)10-14)13-2-5-15(21)6-3-13;1-11(27)12-3-6-15-16-9-21-20(23-14-4-5-14)25-19(16)18(24-17(15)7-12)13-8-22-26(2)10-13;1-10(22)11-2-3-12-14-9-20-7-6-13(14)18(21-15(12)8-11)16-4-5-17(19)23-16/h2,7-11,14-15H,3-6H2,1H3,(H,25,30)(H,23,26,28);2-11H,1H3;3,6-10,14H,4-5H2,1-2H3,(H,21,23,25);2-9H,1H3. The van der Waals surface area contributed by atoms with E-state index in [-0.39, 0.29) is 29.1 Å². The van der Waals surface area contributed by atoms with Gasteiger partial charge in [-0.05, 0) is 138 Å². The summed E-state index contributed by atoms with van der Waals surface area (Å²) in [5.41, 5.74) is 12.8.